The van der Waals surface area contributed by atoms with Crippen LogP contribution in [-0.2, 0) is 30.4 Å². The fraction of sp³-hybridized carbons (Fsp3) is 0.652. The maximum atomic E-state index is 13.2. The molecule has 4 amide bonds. The van der Waals surface area contributed by atoms with E-state index in [1.807, 2.05) is 20.8 Å². The second kappa shape index (κ2) is 14.8. The number of nitrogens with zero attached hydrogens (tertiary/aromatic N) is 1. The van der Waals surface area contributed by atoms with Crippen LogP contribution in [0.3, 0.4) is 0 Å². The molecule has 1 aromatic heterocycles. The van der Waals surface area contributed by atoms with E-state index in [4.69, 9.17) is 11.5 Å². The van der Waals surface area contributed by atoms with Crippen LogP contribution in [0, 0.1) is 11.8 Å². The van der Waals surface area contributed by atoms with Crippen LogP contribution in [0.15, 0.2) is 12.5 Å². The molecule has 0 fully saturated rings. The number of aromatic amines is 1. The maximum Gasteiger partial charge on any atom is 0.326 e. The predicted molar refractivity (Wildman–Crippen MR) is 131 cm³/mol. The molecule has 1 heterocycles. The number of carbonyl (C=O) groups excluding carboxylic acids is 4. The monoisotopic (exact) mass is 509 g/mol. The van der Waals surface area contributed by atoms with E-state index in [-0.39, 0.29) is 37.5 Å². The number of hydrogen-bond donors (Lipinski definition) is 7. The quantitative estimate of drug-likeness (QED) is 0.149. The smallest absolute Gasteiger partial charge is 0.326 e. The lowest BCUT2D eigenvalue weighted by Gasteiger charge is -2.27. The van der Waals surface area contributed by atoms with Gasteiger partial charge < -0.3 is 37.5 Å². The van der Waals surface area contributed by atoms with Gasteiger partial charge in [0.25, 0.3) is 0 Å². The molecule has 0 aliphatic rings. The van der Waals surface area contributed by atoms with E-state index in [9.17, 15) is 29.1 Å². The van der Waals surface area contributed by atoms with Crippen molar-refractivity contribution >= 4 is 29.6 Å². The molecule has 0 saturated carbocycles. The lowest BCUT2D eigenvalue weighted by Crippen LogP contribution is -2.58. The third kappa shape index (κ3) is 10.4. The fourth-order valence-electron chi connectivity index (χ4n) is 3.45. The van der Waals surface area contributed by atoms with Crippen LogP contribution in [0.25, 0.3) is 0 Å². The second-order valence-corrected chi connectivity index (χ2v) is 9.35. The molecular formula is C23H39N7O6. The largest absolute Gasteiger partial charge is 0.480 e. The number of aliphatic carboxylic acids is 1. The van der Waals surface area contributed by atoms with Crippen LogP contribution in [-0.4, -0.2) is 68.8 Å². The summed E-state index contributed by atoms with van der Waals surface area (Å²) >= 11 is 0. The molecule has 13 nitrogen and oxygen atoms in total. The van der Waals surface area contributed by atoms with E-state index < -0.39 is 53.8 Å². The standard InChI is InChI=1S/C23H39N7O6/c1-5-13(4)19(23(35)36)30-22(34)17(9-14-10-26-11-27-14)29-21(33)16(8-12(2)3)28-20(32)15(24)6-7-18(25)31/h10-13,15-17,19H,5-9,24H2,1-4H3,(H2,25,31)(H,26,27)(H,28,32)(H,29,33)(H,30,34)(H,35,36). The van der Waals surface area contributed by atoms with Crippen LogP contribution in [0.5, 0.6) is 0 Å². The Bertz CT molecular complexity index is 890. The molecule has 0 radical (unpaired) electrons. The van der Waals surface area contributed by atoms with Crippen molar-refractivity contribution in [3.63, 3.8) is 0 Å². The summed E-state index contributed by atoms with van der Waals surface area (Å²) in [6.45, 7) is 7.23. The SMILES string of the molecule is CCC(C)C(NC(=O)C(Cc1cnc[nH]1)NC(=O)C(CC(C)C)NC(=O)C(N)CCC(N)=O)C(=O)O. The molecule has 0 bridgehead atoms. The van der Waals surface area contributed by atoms with Gasteiger partial charge in [-0.2, -0.15) is 0 Å². The van der Waals surface area contributed by atoms with Crippen molar-refractivity contribution in [2.75, 3.05) is 0 Å². The van der Waals surface area contributed by atoms with Crippen molar-refractivity contribution < 1.29 is 29.1 Å². The van der Waals surface area contributed by atoms with Crippen molar-refractivity contribution in [3.05, 3.63) is 18.2 Å². The van der Waals surface area contributed by atoms with Crippen LogP contribution in [0.4, 0.5) is 0 Å². The molecule has 13 heteroatoms. The minimum Gasteiger partial charge on any atom is -0.480 e. The number of carboxylic acids is 1. The van der Waals surface area contributed by atoms with Crippen molar-refractivity contribution in [3.8, 4) is 0 Å². The lowest BCUT2D eigenvalue weighted by molar-refractivity contribution is -0.143. The molecule has 36 heavy (non-hydrogen) atoms. The summed E-state index contributed by atoms with van der Waals surface area (Å²) in [4.78, 5) is 68.3. The van der Waals surface area contributed by atoms with E-state index in [0.29, 0.717) is 12.1 Å². The Morgan fingerprint density at radius 2 is 1.64 bits per heavy atom. The normalized spacial score (nSPS) is 15.3. The highest BCUT2D eigenvalue weighted by molar-refractivity contribution is 5.94. The van der Waals surface area contributed by atoms with Crippen molar-refractivity contribution in [1.29, 1.82) is 0 Å². The number of amides is 4. The second-order valence-electron chi connectivity index (χ2n) is 9.35. The Morgan fingerprint density at radius 3 is 2.14 bits per heavy atom. The minimum absolute atomic E-state index is 0.00423. The number of carbonyl (C=O) groups is 5. The molecule has 0 saturated heterocycles. The lowest BCUT2D eigenvalue weighted by atomic mass is 9.98. The van der Waals surface area contributed by atoms with Gasteiger partial charge in [0.15, 0.2) is 0 Å². The van der Waals surface area contributed by atoms with Crippen LogP contribution in [0.1, 0.15) is 59.1 Å². The van der Waals surface area contributed by atoms with Gasteiger partial charge in [-0.1, -0.05) is 34.1 Å². The minimum atomic E-state index is -1.18. The molecule has 0 aromatic carbocycles. The Kier molecular flexibility index (Phi) is 12.6. The molecule has 1 rings (SSSR count). The molecule has 0 spiro atoms. The molecule has 1 aromatic rings. The van der Waals surface area contributed by atoms with Crippen molar-refractivity contribution in [2.24, 2.45) is 23.3 Å². The number of hydrogen-bond acceptors (Lipinski definition) is 7. The molecule has 0 aliphatic heterocycles. The Morgan fingerprint density at radius 1 is 1.03 bits per heavy atom. The van der Waals surface area contributed by atoms with E-state index in [2.05, 4.69) is 25.9 Å². The number of imidazole rings is 1. The summed E-state index contributed by atoms with van der Waals surface area (Å²) in [5.41, 5.74) is 11.5. The maximum absolute atomic E-state index is 13.2. The van der Waals surface area contributed by atoms with Gasteiger partial charge in [0.1, 0.15) is 18.1 Å². The molecule has 0 aliphatic carbocycles. The average Bonchev–Trinajstić information content (AvgIpc) is 3.31. The Labute approximate surface area is 210 Å². The van der Waals surface area contributed by atoms with Gasteiger partial charge in [-0.25, -0.2) is 9.78 Å². The van der Waals surface area contributed by atoms with Gasteiger partial charge in [-0.15, -0.1) is 0 Å². The van der Waals surface area contributed by atoms with E-state index in [0.717, 1.165) is 0 Å². The first kappa shape index (κ1) is 30.6. The highest BCUT2D eigenvalue weighted by atomic mass is 16.4. The van der Waals surface area contributed by atoms with E-state index >= 15 is 0 Å². The third-order valence-corrected chi connectivity index (χ3v) is 5.77. The first-order valence-corrected chi connectivity index (χ1v) is 12.0. The summed E-state index contributed by atoms with van der Waals surface area (Å²) in [7, 11) is 0. The van der Waals surface area contributed by atoms with Crippen molar-refractivity contribution in [2.45, 2.75) is 84.0 Å². The topological polar surface area (TPSA) is 222 Å². The van der Waals surface area contributed by atoms with Gasteiger partial charge in [0.2, 0.25) is 23.6 Å². The summed E-state index contributed by atoms with van der Waals surface area (Å²) in [5, 5.41) is 17.3. The summed E-state index contributed by atoms with van der Waals surface area (Å²) in [5.74, 6) is -4.06. The van der Waals surface area contributed by atoms with Gasteiger partial charge in [0, 0.05) is 24.7 Å². The van der Waals surface area contributed by atoms with Crippen molar-refractivity contribution in [1.82, 2.24) is 25.9 Å². The number of rotatable bonds is 16. The number of H-pyrrole nitrogens is 1. The summed E-state index contributed by atoms with van der Waals surface area (Å²) < 4.78 is 0. The van der Waals surface area contributed by atoms with Gasteiger partial charge in [-0.3, -0.25) is 19.2 Å². The Balaban J connectivity index is 3.06. The van der Waals surface area contributed by atoms with Gasteiger partial charge in [0.05, 0.1) is 12.4 Å². The molecule has 9 N–H and O–H groups in total. The first-order valence-electron chi connectivity index (χ1n) is 12.0. The van der Waals surface area contributed by atoms with E-state index in [1.54, 1.807) is 6.92 Å². The number of primary amides is 1. The highest BCUT2D eigenvalue weighted by Crippen LogP contribution is 2.11. The zero-order valence-electron chi connectivity index (χ0n) is 21.2. The van der Waals surface area contributed by atoms with Crippen LogP contribution in [0.2, 0.25) is 0 Å². The molecule has 202 valence electrons. The molecule has 5 unspecified atom stereocenters. The first-order chi connectivity index (χ1) is 16.8. The summed E-state index contributed by atoms with van der Waals surface area (Å²) in [6.07, 6.45) is 3.64. The highest BCUT2D eigenvalue weighted by Gasteiger charge is 2.32. The predicted octanol–water partition coefficient (Wildman–Crippen LogP) is -0.824. The number of nitrogens with one attached hydrogen (secondary N) is 4. The number of aromatic nitrogens is 2. The van der Waals surface area contributed by atoms with Crippen LogP contribution >= 0.6 is 0 Å². The number of carboxylic acid groups (broad SMARTS) is 1. The fourth-order valence-corrected chi connectivity index (χ4v) is 3.45. The number of nitrogens with two attached hydrogens (primary N) is 2. The Hall–Kier alpha value is -3.48. The molecule has 5 atom stereocenters. The van der Waals surface area contributed by atoms with E-state index in [1.165, 1.54) is 12.5 Å². The van der Waals surface area contributed by atoms with Gasteiger partial charge in [-0.05, 0) is 24.7 Å². The zero-order valence-corrected chi connectivity index (χ0v) is 21.2. The van der Waals surface area contributed by atoms with Gasteiger partial charge >= 0.3 is 5.97 Å². The summed E-state index contributed by atoms with van der Waals surface area (Å²) in [6, 6.07) is -4.34. The zero-order chi connectivity index (χ0) is 27.4. The third-order valence-electron chi connectivity index (χ3n) is 5.77. The van der Waals surface area contributed by atoms with Crippen LogP contribution < -0.4 is 27.4 Å². The average molecular weight is 510 g/mol. The molecular weight excluding hydrogens is 470 g/mol.